The smallest absolute Gasteiger partial charge is 0.243 e. The summed E-state index contributed by atoms with van der Waals surface area (Å²) in [5.41, 5.74) is 1.18. The van der Waals surface area contributed by atoms with Gasteiger partial charge in [0, 0.05) is 37.1 Å². The number of nitrogens with one attached hydrogen (secondary N) is 2. The van der Waals surface area contributed by atoms with Gasteiger partial charge in [0.2, 0.25) is 10.0 Å². The number of hydrogen-bond acceptors (Lipinski definition) is 5. The standard InChI is InChI=1S/C17H19N5O2S/c1-12-5-6-13-4-2-7-19-16(13)17(12)25(23,24)21-14-10-18-11-15(14)22-9-3-8-20-22/h2-9,14-15,18,21H,10-11H2,1H3/t14-,15+/m1/s1. The monoisotopic (exact) mass is 357 g/mol. The lowest BCUT2D eigenvalue weighted by Gasteiger charge is -2.21. The van der Waals surface area contributed by atoms with Gasteiger partial charge in [0.05, 0.1) is 17.6 Å². The van der Waals surface area contributed by atoms with E-state index in [1.165, 1.54) is 0 Å². The highest BCUT2D eigenvalue weighted by Gasteiger charge is 2.34. The van der Waals surface area contributed by atoms with Crippen LogP contribution < -0.4 is 10.0 Å². The van der Waals surface area contributed by atoms with Crippen molar-refractivity contribution in [1.29, 1.82) is 0 Å². The largest absolute Gasteiger partial charge is 0.313 e. The average molecular weight is 357 g/mol. The van der Waals surface area contributed by atoms with E-state index in [1.54, 1.807) is 30.1 Å². The van der Waals surface area contributed by atoms with E-state index >= 15 is 0 Å². The number of benzene rings is 1. The van der Waals surface area contributed by atoms with Crippen LogP contribution in [0.3, 0.4) is 0 Å². The lowest BCUT2D eigenvalue weighted by Crippen LogP contribution is -2.41. The molecule has 3 heterocycles. The summed E-state index contributed by atoms with van der Waals surface area (Å²) < 4.78 is 30.9. The molecule has 2 atom stereocenters. The van der Waals surface area contributed by atoms with E-state index in [4.69, 9.17) is 0 Å². The Balaban J connectivity index is 1.72. The van der Waals surface area contributed by atoms with Crippen molar-refractivity contribution in [2.24, 2.45) is 0 Å². The Bertz CT molecular complexity index is 1000. The maximum absolute atomic E-state index is 13.1. The summed E-state index contributed by atoms with van der Waals surface area (Å²) >= 11 is 0. The van der Waals surface area contributed by atoms with E-state index in [-0.39, 0.29) is 17.0 Å². The van der Waals surface area contributed by atoms with Crippen molar-refractivity contribution in [2.75, 3.05) is 13.1 Å². The van der Waals surface area contributed by atoms with Crippen LogP contribution in [0.15, 0.2) is 53.8 Å². The van der Waals surface area contributed by atoms with E-state index < -0.39 is 10.0 Å². The Morgan fingerprint density at radius 3 is 2.88 bits per heavy atom. The highest BCUT2D eigenvalue weighted by molar-refractivity contribution is 7.89. The Morgan fingerprint density at radius 2 is 2.08 bits per heavy atom. The van der Waals surface area contributed by atoms with Crippen molar-refractivity contribution in [1.82, 2.24) is 24.8 Å². The molecule has 4 rings (SSSR count). The molecule has 2 aromatic heterocycles. The average Bonchev–Trinajstić information content (AvgIpc) is 3.25. The molecule has 130 valence electrons. The van der Waals surface area contributed by atoms with Gasteiger partial charge in [0.15, 0.2) is 0 Å². The summed E-state index contributed by atoms with van der Waals surface area (Å²) in [4.78, 5) is 4.55. The van der Waals surface area contributed by atoms with Crippen molar-refractivity contribution in [3.63, 3.8) is 0 Å². The minimum absolute atomic E-state index is 0.0620. The molecule has 0 amide bonds. The first kappa shape index (κ1) is 16.2. The number of pyridine rings is 1. The third-order valence-electron chi connectivity index (χ3n) is 4.55. The van der Waals surface area contributed by atoms with Gasteiger partial charge < -0.3 is 5.32 Å². The van der Waals surface area contributed by atoms with Crippen LogP contribution in [0.2, 0.25) is 0 Å². The van der Waals surface area contributed by atoms with Gasteiger partial charge in [0.25, 0.3) is 0 Å². The van der Waals surface area contributed by atoms with Gasteiger partial charge >= 0.3 is 0 Å². The molecule has 0 bridgehead atoms. The fourth-order valence-corrected chi connectivity index (χ4v) is 5.03. The fraction of sp³-hybridized carbons (Fsp3) is 0.294. The van der Waals surface area contributed by atoms with Crippen molar-refractivity contribution in [3.8, 4) is 0 Å². The van der Waals surface area contributed by atoms with E-state index in [2.05, 4.69) is 20.1 Å². The Hall–Kier alpha value is -2.29. The zero-order valence-electron chi connectivity index (χ0n) is 13.8. The quantitative estimate of drug-likeness (QED) is 0.733. The van der Waals surface area contributed by atoms with Crippen molar-refractivity contribution < 1.29 is 8.42 Å². The second kappa shape index (κ2) is 6.21. The molecule has 0 radical (unpaired) electrons. The maximum Gasteiger partial charge on any atom is 0.243 e. The summed E-state index contributed by atoms with van der Waals surface area (Å²) in [6, 6.07) is 8.87. The molecule has 3 aromatic rings. The van der Waals surface area contributed by atoms with E-state index in [1.807, 2.05) is 30.5 Å². The second-order valence-electron chi connectivity index (χ2n) is 6.23. The predicted molar refractivity (Wildman–Crippen MR) is 94.7 cm³/mol. The van der Waals surface area contributed by atoms with Gasteiger partial charge in [-0.1, -0.05) is 18.2 Å². The zero-order chi connectivity index (χ0) is 17.4. The summed E-state index contributed by atoms with van der Waals surface area (Å²) in [6.45, 7) is 3.02. The number of nitrogens with zero attached hydrogens (tertiary/aromatic N) is 3. The molecular weight excluding hydrogens is 338 g/mol. The highest BCUT2D eigenvalue weighted by atomic mass is 32.2. The molecule has 1 saturated heterocycles. The van der Waals surface area contributed by atoms with Gasteiger partial charge in [-0.15, -0.1) is 0 Å². The van der Waals surface area contributed by atoms with Gasteiger partial charge in [-0.05, 0) is 24.6 Å². The van der Waals surface area contributed by atoms with E-state index in [0.717, 1.165) is 5.39 Å². The minimum atomic E-state index is -3.72. The summed E-state index contributed by atoms with van der Waals surface area (Å²) in [5, 5.41) is 8.29. The molecule has 0 spiro atoms. The lowest BCUT2D eigenvalue weighted by atomic mass is 10.1. The number of fused-ring (bicyclic) bond motifs is 1. The number of rotatable bonds is 4. The maximum atomic E-state index is 13.1. The molecule has 1 aliphatic heterocycles. The molecule has 8 heteroatoms. The molecule has 2 N–H and O–H groups in total. The molecule has 0 aliphatic carbocycles. The van der Waals surface area contributed by atoms with Crippen LogP contribution in [0.25, 0.3) is 10.9 Å². The third-order valence-corrected chi connectivity index (χ3v) is 6.21. The molecule has 1 aliphatic rings. The van der Waals surface area contributed by atoms with Gasteiger partial charge in [0.1, 0.15) is 4.90 Å². The number of hydrogen-bond donors (Lipinski definition) is 2. The molecule has 1 aromatic carbocycles. The van der Waals surface area contributed by atoms with Crippen LogP contribution in [0.4, 0.5) is 0 Å². The SMILES string of the molecule is Cc1ccc2cccnc2c1S(=O)(=O)N[C@@H]1CNC[C@@H]1n1cccn1. The second-order valence-corrected chi connectivity index (χ2v) is 7.88. The summed E-state index contributed by atoms with van der Waals surface area (Å²) in [6.07, 6.45) is 5.16. The van der Waals surface area contributed by atoms with Crippen LogP contribution >= 0.6 is 0 Å². The molecular formula is C17H19N5O2S. The normalized spacial score (nSPS) is 21.0. The lowest BCUT2D eigenvalue weighted by molar-refractivity contribution is 0.422. The van der Waals surface area contributed by atoms with Crippen LogP contribution in [0.1, 0.15) is 11.6 Å². The van der Waals surface area contributed by atoms with Crippen LogP contribution in [0.5, 0.6) is 0 Å². The molecule has 0 saturated carbocycles. The van der Waals surface area contributed by atoms with Crippen molar-refractivity contribution in [2.45, 2.75) is 23.9 Å². The first-order valence-electron chi connectivity index (χ1n) is 8.13. The predicted octanol–water partition coefficient (Wildman–Crippen LogP) is 1.23. The van der Waals surface area contributed by atoms with Gasteiger partial charge in [-0.3, -0.25) is 9.67 Å². The van der Waals surface area contributed by atoms with E-state index in [9.17, 15) is 8.42 Å². The Kier molecular flexibility index (Phi) is 4.03. The summed E-state index contributed by atoms with van der Waals surface area (Å²) in [5.74, 6) is 0. The number of aromatic nitrogens is 3. The fourth-order valence-electron chi connectivity index (χ4n) is 3.36. The number of sulfonamides is 1. The Morgan fingerprint density at radius 1 is 1.20 bits per heavy atom. The Labute approximate surface area is 146 Å². The minimum Gasteiger partial charge on any atom is -0.313 e. The topological polar surface area (TPSA) is 88.9 Å². The number of aryl methyl sites for hydroxylation is 1. The van der Waals surface area contributed by atoms with Crippen LogP contribution in [-0.2, 0) is 10.0 Å². The van der Waals surface area contributed by atoms with Crippen molar-refractivity contribution >= 4 is 20.9 Å². The van der Waals surface area contributed by atoms with E-state index in [0.29, 0.717) is 24.2 Å². The first-order valence-corrected chi connectivity index (χ1v) is 9.61. The first-order chi connectivity index (χ1) is 12.1. The highest BCUT2D eigenvalue weighted by Crippen LogP contribution is 2.26. The molecule has 0 unspecified atom stereocenters. The van der Waals surface area contributed by atoms with Gasteiger partial charge in [-0.2, -0.15) is 5.10 Å². The van der Waals surface area contributed by atoms with Crippen LogP contribution in [0, 0.1) is 6.92 Å². The van der Waals surface area contributed by atoms with Crippen LogP contribution in [-0.4, -0.2) is 42.3 Å². The molecule has 25 heavy (non-hydrogen) atoms. The molecule has 1 fully saturated rings. The van der Waals surface area contributed by atoms with Gasteiger partial charge in [-0.25, -0.2) is 13.1 Å². The van der Waals surface area contributed by atoms with Crippen molar-refractivity contribution in [3.05, 3.63) is 54.5 Å². The molecule has 7 nitrogen and oxygen atoms in total. The zero-order valence-corrected chi connectivity index (χ0v) is 14.6. The summed E-state index contributed by atoms with van der Waals surface area (Å²) in [7, 11) is -3.72. The third kappa shape index (κ3) is 2.92.